The van der Waals surface area contributed by atoms with E-state index in [1.54, 1.807) is 40.7 Å². The fourth-order valence-corrected chi connectivity index (χ4v) is 4.29. The molecule has 0 aliphatic rings. The lowest BCUT2D eigenvalue weighted by Crippen LogP contribution is -2.39. The minimum Gasteiger partial charge on any atom is -0.481 e. The average molecular weight is 392 g/mol. The topological polar surface area (TPSA) is 99.1 Å². The molecular weight excluding hydrogens is 359 g/mol. The van der Waals surface area contributed by atoms with Gasteiger partial charge in [0.25, 0.3) is 0 Å². The number of carboxylic acids is 1. The first-order valence-electron chi connectivity index (χ1n) is 9.03. The van der Waals surface area contributed by atoms with Gasteiger partial charge in [-0.2, -0.15) is 0 Å². The van der Waals surface area contributed by atoms with Crippen LogP contribution < -0.4 is 0 Å². The third-order valence-electron chi connectivity index (χ3n) is 3.30. The van der Waals surface area contributed by atoms with Crippen LogP contribution in [0.1, 0.15) is 60.8 Å². The lowest BCUT2D eigenvalue weighted by atomic mass is 10.0. The lowest BCUT2D eigenvalue weighted by molar-refractivity contribution is -0.160. The molecule has 0 aromatic carbocycles. The van der Waals surface area contributed by atoms with Crippen LogP contribution in [0.25, 0.3) is 0 Å². The van der Waals surface area contributed by atoms with Gasteiger partial charge in [0, 0.05) is 0 Å². The maximum atomic E-state index is 13.1. The van der Waals surface area contributed by atoms with Crippen LogP contribution in [0.2, 0.25) is 0 Å². The summed E-state index contributed by atoms with van der Waals surface area (Å²) >= 11 is 0. The molecule has 0 rings (SSSR count). The van der Waals surface area contributed by atoms with Crippen molar-refractivity contribution in [3.63, 3.8) is 0 Å². The van der Waals surface area contributed by atoms with Crippen molar-refractivity contribution in [1.82, 2.24) is 0 Å². The van der Waals surface area contributed by atoms with Crippen LogP contribution >= 0.6 is 7.60 Å². The highest BCUT2D eigenvalue weighted by Crippen LogP contribution is 2.56. The third-order valence-corrected chi connectivity index (χ3v) is 5.76. The zero-order valence-electron chi connectivity index (χ0n) is 16.7. The number of carbonyl (C=O) groups excluding carboxylic acids is 1. The summed E-state index contributed by atoms with van der Waals surface area (Å²) in [6, 6.07) is 0. The second kappa shape index (κ2) is 11.5. The summed E-state index contributed by atoms with van der Waals surface area (Å²) in [6.07, 6.45) is 5.70. The van der Waals surface area contributed by atoms with Crippen molar-refractivity contribution in [2.24, 2.45) is 5.92 Å². The fourth-order valence-electron chi connectivity index (χ4n) is 2.29. The molecular formula is C18H33O7P. The summed E-state index contributed by atoms with van der Waals surface area (Å²) in [5.74, 6) is -3.46. The maximum absolute atomic E-state index is 13.1. The van der Waals surface area contributed by atoms with E-state index in [9.17, 15) is 19.3 Å². The Hall–Kier alpha value is -1.17. The number of aliphatic carboxylic acids is 1. The highest BCUT2D eigenvalue weighted by atomic mass is 31.2. The van der Waals surface area contributed by atoms with Gasteiger partial charge in [-0.3, -0.25) is 14.2 Å². The van der Waals surface area contributed by atoms with E-state index in [1.165, 1.54) is 6.08 Å². The van der Waals surface area contributed by atoms with E-state index < -0.39 is 36.7 Å². The number of hydrogen-bond acceptors (Lipinski definition) is 6. The molecule has 2 unspecified atom stereocenters. The first kappa shape index (κ1) is 24.8. The predicted molar refractivity (Wildman–Crippen MR) is 100 cm³/mol. The molecule has 2 atom stereocenters. The largest absolute Gasteiger partial charge is 0.481 e. The Balaban J connectivity index is 5.93. The molecule has 8 heteroatoms. The molecule has 0 heterocycles. The van der Waals surface area contributed by atoms with Gasteiger partial charge in [-0.15, -0.1) is 0 Å². The fraction of sp³-hybridized carbons (Fsp3) is 0.778. The zero-order chi connectivity index (χ0) is 20.4. The molecule has 0 aliphatic carbocycles. The Labute approximate surface area is 156 Å². The molecule has 0 aromatic heterocycles. The summed E-state index contributed by atoms with van der Waals surface area (Å²) in [4.78, 5) is 24.6. The summed E-state index contributed by atoms with van der Waals surface area (Å²) < 4.78 is 28.8. The number of unbranched alkanes of at least 4 members (excludes halogenated alkanes) is 2. The monoisotopic (exact) mass is 392 g/mol. The summed E-state index contributed by atoms with van der Waals surface area (Å²) in [5.41, 5.74) is -2.48. The molecule has 0 saturated carbocycles. The summed E-state index contributed by atoms with van der Waals surface area (Å²) in [6.45, 7) is 10.3. The van der Waals surface area contributed by atoms with Crippen molar-refractivity contribution >= 4 is 19.5 Å². The van der Waals surface area contributed by atoms with Crippen molar-refractivity contribution in [1.29, 1.82) is 0 Å². The maximum Gasteiger partial charge on any atom is 0.346 e. The molecule has 152 valence electrons. The number of carbonyl (C=O) groups is 2. The van der Waals surface area contributed by atoms with E-state index in [0.717, 1.165) is 12.8 Å². The molecule has 0 saturated heterocycles. The lowest BCUT2D eigenvalue weighted by Gasteiger charge is -2.29. The van der Waals surface area contributed by atoms with Crippen molar-refractivity contribution in [3.8, 4) is 0 Å². The van der Waals surface area contributed by atoms with Crippen molar-refractivity contribution in [2.45, 2.75) is 72.1 Å². The number of hydrogen-bond donors (Lipinski definition) is 1. The normalized spacial score (nSPS) is 15.0. The van der Waals surface area contributed by atoms with Crippen LogP contribution in [-0.4, -0.2) is 41.5 Å². The number of rotatable bonds is 12. The number of ether oxygens (including phenoxy) is 1. The number of carboxylic acid groups (broad SMARTS) is 1. The SMILES string of the molecule is CCCC/C=C/C(C(=O)OC(C)(C)C)C(C(=O)O)P(=O)(OCC)OCC. The highest BCUT2D eigenvalue weighted by Gasteiger charge is 2.49. The van der Waals surface area contributed by atoms with Gasteiger partial charge in [-0.25, -0.2) is 0 Å². The number of esters is 1. The first-order chi connectivity index (χ1) is 12.0. The number of allylic oxidation sites excluding steroid dienone is 1. The van der Waals surface area contributed by atoms with Crippen LogP contribution in [0, 0.1) is 5.92 Å². The van der Waals surface area contributed by atoms with Crippen LogP contribution in [0.4, 0.5) is 0 Å². The highest BCUT2D eigenvalue weighted by molar-refractivity contribution is 7.55. The van der Waals surface area contributed by atoms with Gasteiger partial charge in [0.15, 0.2) is 5.66 Å². The second-order valence-corrected chi connectivity index (χ2v) is 8.94. The quantitative estimate of drug-likeness (QED) is 0.227. The van der Waals surface area contributed by atoms with Gasteiger partial charge in [0.2, 0.25) is 0 Å². The van der Waals surface area contributed by atoms with E-state index in [4.69, 9.17) is 13.8 Å². The van der Waals surface area contributed by atoms with E-state index in [2.05, 4.69) is 0 Å². The molecule has 0 radical (unpaired) electrons. The Morgan fingerprint density at radius 3 is 2.04 bits per heavy atom. The van der Waals surface area contributed by atoms with Gasteiger partial charge in [-0.05, 0) is 41.0 Å². The second-order valence-electron chi connectivity index (χ2n) is 6.79. The standard InChI is InChI=1S/C18H33O7P/c1-7-10-11-12-13-14(17(21)25-18(4,5)6)15(16(19)20)26(22,23-8-2)24-9-3/h12-15H,7-11H2,1-6H3,(H,19,20)/b13-12+. The molecule has 7 nitrogen and oxygen atoms in total. The van der Waals surface area contributed by atoms with Crippen LogP contribution in [0.5, 0.6) is 0 Å². The Morgan fingerprint density at radius 2 is 1.65 bits per heavy atom. The van der Waals surface area contributed by atoms with E-state index >= 15 is 0 Å². The summed E-state index contributed by atoms with van der Waals surface area (Å²) in [5, 5.41) is 9.71. The van der Waals surface area contributed by atoms with Crippen molar-refractivity contribution < 1.29 is 33.0 Å². The van der Waals surface area contributed by atoms with E-state index in [0.29, 0.717) is 6.42 Å². The van der Waals surface area contributed by atoms with Gasteiger partial charge < -0.3 is 18.9 Å². The Morgan fingerprint density at radius 1 is 1.12 bits per heavy atom. The van der Waals surface area contributed by atoms with Gasteiger partial charge >= 0.3 is 19.5 Å². The Kier molecular flexibility index (Phi) is 11.0. The molecule has 26 heavy (non-hydrogen) atoms. The predicted octanol–water partition coefficient (Wildman–Crippen LogP) is 4.41. The summed E-state index contributed by atoms with van der Waals surface area (Å²) in [7, 11) is -4.07. The third kappa shape index (κ3) is 8.47. The smallest absolute Gasteiger partial charge is 0.346 e. The van der Waals surface area contributed by atoms with Gasteiger partial charge in [-0.1, -0.05) is 31.9 Å². The van der Waals surface area contributed by atoms with E-state index in [-0.39, 0.29) is 13.2 Å². The molecule has 0 aromatic rings. The zero-order valence-corrected chi connectivity index (χ0v) is 17.6. The molecule has 0 bridgehead atoms. The molecule has 0 spiro atoms. The van der Waals surface area contributed by atoms with Gasteiger partial charge in [0.1, 0.15) is 5.60 Å². The van der Waals surface area contributed by atoms with Gasteiger partial charge in [0.05, 0.1) is 19.1 Å². The van der Waals surface area contributed by atoms with Crippen LogP contribution in [-0.2, 0) is 27.9 Å². The average Bonchev–Trinajstić information content (AvgIpc) is 2.48. The van der Waals surface area contributed by atoms with Crippen LogP contribution in [0.3, 0.4) is 0 Å². The molecule has 1 N–H and O–H groups in total. The first-order valence-corrected chi connectivity index (χ1v) is 10.6. The minimum absolute atomic E-state index is 0.00163. The molecule has 0 amide bonds. The Bertz CT molecular complexity index is 512. The van der Waals surface area contributed by atoms with Crippen molar-refractivity contribution in [2.75, 3.05) is 13.2 Å². The molecule has 0 fully saturated rings. The minimum atomic E-state index is -4.07. The van der Waals surface area contributed by atoms with Crippen LogP contribution in [0.15, 0.2) is 12.2 Å². The van der Waals surface area contributed by atoms with Crippen molar-refractivity contribution in [3.05, 3.63) is 12.2 Å². The molecule has 0 aliphatic heterocycles. The van der Waals surface area contributed by atoms with E-state index in [1.807, 2.05) is 6.92 Å².